The van der Waals surface area contributed by atoms with Crippen LogP contribution in [0.15, 0.2) is 22.7 Å². The number of carbonyl (C=O) groups is 1. The van der Waals surface area contributed by atoms with E-state index in [4.69, 9.17) is 4.74 Å². The lowest BCUT2D eigenvalue weighted by molar-refractivity contribution is -0.0866. The quantitative estimate of drug-likeness (QED) is 0.740. The largest absolute Gasteiger partial charge is 0.375 e. The molecular weight excluding hydrogens is 323 g/mol. The first kappa shape index (κ1) is 14.2. The maximum Gasteiger partial charge on any atom is 0.167 e. The number of rotatable bonds is 2. The summed E-state index contributed by atoms with van der Waals surface area (Å²) < 4.78 is 19.7. The van der Waals surface area contributed by atoms with E-state index >= 15 is 0 Å². The van der Waals surface area contributed by atoms with Gasteiger partial charge >= 0.3 is 0 Å². The van der Waals surface area contributed by atoms with Gasteiger partial charge in [0.25, 0.3) is 0 Å². The Morgan fingerprint density at radius 1 is 1.35 bits per heavy atom. The number of carbonyl (C=O) groups excluding carboxylic acids is 1. The summed E-state index contributed by atoms with van der Waals surface area (Å²) in [7, 11) is 0. The predicted octanol–water partition coefficient (Wildman–Crippen LogP) is 4.51. The summed E-state index contributed by atoms with van der Waals surface area (Å²) in [5.41, 5.74) is 0.525. The lowest BCUT2D eigenvalue weighted by Crippen LogP contribution is -2.39. The molecule has 0 radical (unpaired) electrons. The highest BCUT2D eigenvalue weighted by Crippen LogP contribution is 2.43. The van der Waals surface area contributed by atoms with Gasteiger partial charge in [0, 0.05) is 22.6 Å². The molecule has 1 aliphatic carbocycles. The number of hydrogen-bond donors (Lipinski definition) is 0. The van der Waals surface area contributed by atoms with E-state index in [1.54, 1.807) is 6.07 Å². The molecule has 0 aromatic heterocycles. The molecule has 1 aliphatic heterocycles. The summed E-state index contributed by atoms with van der Waals surface area (Å²) in [6.07, 6.45) is 6.12. The fourth-order valence-corrected chi connectivity index (χ4v) is 4.07. The third-order valence-corrected chi connectivity index (χ3v) is 5.23. The van der Waals surface area contributed by atoms with E-state index in [2.05, 4.69) is 15.9 Å². The second-order valence-corrected chi connectivity index (χ2v) is 6.77. The van der Waals surface area contributed by atoms with Crippen molar-refractivity contribution >= 4 is 21.7 Å². The van der Waals surface area contributed by atoms with Crippen LogP contribution in [0.3, 0.4) is 0 Å². The molecule has 2 nitrogen and oxygen atoms in total. The molecule has 20 heavy (non-hydrogen) atoms. The fraction of sp³-hybridized carbons (Fsp3) is 0.562. The van der Waals surface area contributed by atoms with Gasteiger partial charge in [-0.05, 0) is 59.8 Å². The molecule has 1 heterocycles. The van der Waals surface area contributed by atoms with Gasteiger partial charge in [0.1, 0.15) is 5.82 Å². The van der Waals surface area contributed by atoms with E-state index in [1.807, 2.05) is 0 Å². The molecule has 1 aromatic rings. The zero-order valence-corrected chi connectivity index (χ0v) is 12.9. The molecule has 1 atom stereocenters. The van der Waals surface area contributed by atoms with Crippen molar-refractivity contribution < 1.29 is 13.9 Å². The van der Waals surface area contributed by atoms with Crippen LogP contribution in [-0.2, 0) is 4.74 Å². The van der Waals surface area contributed by atoms with Crippen molar-refractivity contribution in [3.05, 3.63) is 34.1 Å². The van der Waals surface area contributed by atoms with Crippen molar-refractivity contribution in [3.8, 4) is 0 Å². The summed E-state index contributed by atoms with van der Waals surface area (Å²) in [5, 5.41) is 0. The zero-order valence-electron chi connectivity index (χ0n) is 11.3. The lowest BCUT2D eigenvalue weighted by Gasteiger charge is -2.37. The lowest BCUT2D eigenvalue weighted by atomic mass is 9.81. The van der Waals surface area contributed by atoms with Gasteiger partial charge in [0.05, 0.1) is 5.60 Å². The first-order chi connectivity index (χ1) is 9.60. The third-order valence-electron chi connectivity index (χ3n) is 4.58. The van der Waals surface area contributed by atoms with Crippen molar-refractivity contribution in [1.29, 1.82) is 0 Å². The van der Waals surface area contributed by atoms with E-state index in [0.717, 1.165) is 25.7 Å². The van der Waals surface area contributed by atoms with Crippen LogP contribution >= 0.6 is 15.9 Å². The predicted molar refractivity (Wildman–Crippen MR) is 78.3 cm³/mol. The summed E-state index contributed by atoms with van der Waals surface area (Å²) in [4.78, 5) is 12.7. The second-order valence-electron chi connectivity index (χ2n) is 5.92. The van der Waals surface area contributed by atoms with Crippen LogP contribution in [0.1, 0.15) is 48.9 Å². The van der Waals surface area contributed by atoms with Gasteiger partial charge in [0.2, 0.25) is 0 Å². The maximum atomic E-state index is 13.1. The first-order valence-electron chi connectivity index (χ1n) is 7.23. The summed E-state index contributed by atoms with van der Waals surface area (Å²) in [5.74, 6) is -0.206. The number of halogens is 2. The SMILES string of the molecule is O=C(c1ccc(F)cc1Br)C1CCOC2(CCCC2)C1. The van der Waals surface area contributed by atoms with Crippen LogP contribution in [0.4, 0.5) is 4.39 Å². The fourth-order valence-electron chi connectivity index (χ4n) is 3.53. The Kier molecular flexibility index (Phi) is 3.95. The molecule has 0 amide bonds. The van der Waals surface area contributed by atoms with Gasteiger partial charge in [-0.15, -0.1) is 0 Å². The Balaban J connectivity index is 1.79. The van der Waals surface area contributed by atoms with Gasteiger partial charge in [0.15, 0.2) is 5.78 Å². The minimum absolute atomic E-state index is 0.00334. The van der Waals surface area contributed by atoms with Gasteiger partial charge < -0.3 is 4.74 Å². The molecule has 1 unspecified atom stereocenters. The standard InChI is InChI=1S/C16H18BrFO2/c17-14-9-12(18)3-4-13(14)15(19)11-5-8-20-16(10-11)6-1-2-7-16/h3-4,9,11H,1-2,5-8,10H2. The Morgan fingerprint density at radius 2 is 2.10 bits per heavy atom. The Bertz CT molecular complexity index is 523. The van der Waals surface area contributed by atoms with Crippen molar-refractivity contribution in [1.82, 2.24) is 0 Å². The van der Waals surface area contributed by atoms with E-state index in [0.29, 0.717) is 16.6 Å². The Labute approximate surface area is 126 Å². The molecule has 1 spiro atoms. The van der Waals surface area contributed by atoms with Crippen LogP contribution in [-0.4, -0.2) is 18.0 Å². The van der Waals surface area contributed by atoms with Gasteiger partial charge in [-0.2, -0.15) is 0 Å². The molecule has 0 N–H and O–H groups in total. The zero-order chi connectivity index (χ0) is 14.2. The number of hydrogen-bond acceptors (Lipinski definition) is 2. The smallest absolute Gasteiger partial charge is 0.167 e. The topological polar surface area (TPSA) is 26.3 Å². The van der Waals surface area contributed by atoms with Gasteiger partial charge in [-0.1, -0.05) is 12.8 Å². The number of ketones is 1. The highest BCUT2D eigenvalue weighted by Gasteiger charge is 2.42. The summed E-state index contributed by atoms with van der Waals surface area (Å²) in [6, 6.07) is 4.29. The molecule has 0 bridgehead atoms. The highest BCUT2D eigenvalue weighted by atomic mass is 79.9. The van der Waals surface area contributed by atoms with Crippen LogP contribution in [0.25, 0.3) is 0 Å². The van der Waals surface area contributed by atoms with Crippen LogP contribution in [0, 0.1) is 11.7 Å². The van der Waals surface area contributed by atoms with Crippen LogP contribution in [0.2, 0.25) is 0 Å². The van der Waals surface area contributed by atoms with Crippen molar-refractivity contribution in [2.75, 3.05) is 6.61 Å². The molecule has 1 aromatic carbocycles. The number of benzene rings is 1. The Morgan fingerprint density at radius 3 is 2.80 bits per heavy atom. The van der Waals surface area contributed by atoms with E-state index < -0.39 is 0 Å². The monoisotopic (exact) mass is 340 g/mol. The third kappa shape index (κ3) is 2.68. The molecule has 3 rings (SSSR count). The average Bonchev–Trinajstić information content (AvgIpc) is 2.86. The molecule has 2 aliphatic rings. The van der Waals surface area contributed by atoms with E-state index in [-0.39, 0.29) is 23.1 Å². The average molecular weight is 341 g/mol. The Hall–Kier alpha value is -0.740. The minimum Gasteiger partial charge on any atom is -0.375 e. The molecule has 108 valence electrons. The van der Waals surface area contributed by atoms with Gasteiger partial charge in [-0.3, -0.25) is 4.79 Å². The summed E-state index contributed by atoms with van der Waals surface area (Å²) in [6.45, 7) is 0.662. The van der Waals surface area contributed by atoms with Gasteiger partial charge in [-0.25, -0.2) is 4.39 Å². The van der Waals surface area contributed by atoms with Crippen molar-refractivity contribution in [2.45, 2.75) is 44.1 Å². The highest BCUT2D eigenvalue weighted by molar-refractivity contribution is 9.10. The van der Waals surface area contributed by atoms with Crippen LogP contribution < -0.4 is 0 Å². The normalized spacial score (nSPS) is 25.0. The van der Waals surface area contributed by atoms with E-state index in [9.17, 15) is 9.18 Å². The minimum atomic E-state index is -0.326. The van der Waals surface area contributed by atoms with Crippen molar-refractivity contribution in [2.24, 2.45) is 5.92 Å². The maximum absolute atomic E-state index is 13.1. The molecule has 2 fully saturated rings. The van der Waals surface area contributed by atoms with Crippen molar-refractivity contribution in [3.63, 3.8) is 0 Å². The number of Topliss-reactive ketones (excluding diaryl/α,β-unsaturated/α-hetero) is 1. The first-order valence-corrected chi connectivity index (χ1v) is 8.02. The molecular formula is C16H18BrFO2. The molecule has 1 saturated carbocycles. The molecule has 4 heteroatoms. The van der Waals surface area contributed by atoms with Crippen LogP contribution in [0.5, 0.6) is 0 Å². The molecule has 1 saturated heterocycles. The van der Waals surface area contributed by atoms with E-state index in [1.165, 1.54) is 25.0 Å². The number of ether oxygens (including phenoxy) is 1. The summed E-state index contributed by atoms with van der Waals surface area (Å²) >= 11 is 3.30. The second kappa shape index (κ2) is 5.57.